The van der Waals surface area contributed by atoms with Crippen molar-refractivity contribution in [3.8, 4) is 11.5 Å². The van der Waals surface area contributed by atoms with Crippen LogP contribution in [0.3, 0.4) is 0 Å². The average Bonchev–Trinajstić information content (AvgIpc) is 2.29. The molecule has 0 bridgehead atoms. The monoisotopic (exact) mass is 208 g/mol. The van der Waals surface area contributed by atoms with Crippen LogP contribution in [0.25, 0.3) is 0 Å². The fourth-order valence-electron chi connectivity index (χ4n) is 1.18. The molecule has 0 spiro atoms. The molecule has 0 amide bonds. The van der Waals surface area contributed by atoms with Crippen LogP contribution in [-0.2, 0) is 6.61 Å². The fourth-order valence-corrected chi connectivity index (χ4v) is 1.18. The van der Waals surface area contributed by atoms with Crippen LogP contribution in [0.15, 0.2) is 30.9 Å². The van der Waals surface area contributed by atoms with Crippen molar-refractivity contribution in [2.45, 2.75) is 13.0 Å². The zero-order chi connectivity index (χ0) is 11.1. The van der Waals surface area contributed by atoms with Crippen LogP contribution in [0.2, 0.25) is 0 Å². The highest BCUT2D eigenvalue weighted by Gasteiger charge is 2.04. The molecule has 1 aromatic rings. The van der Waals surface area contributed by atoms with E-state index >= 15 is 0 Å². The number of aliphatic hydroxyl groups is 1. The maximum Gasteiger partial charge on any atom is 0.128 e. The Morgan fingerprint density at radius 3 is 2.87 bits per heavy atom. The Hall–Kier alpha value is -1.48. The average molecular weight is 208 g/mol. The Kier molecular flexibility index (Phi) is 4.71. The van der Waals surface area contributed by atoms with Crippen molar-refractivity contribution in [2.75, 3.05) is 13.7 Å². The number of hydrogen-bond acceptors (Lipinski definition) is 3. The third-order valence-electron chi connectivity index (χ3n) is 2.02. The lowest BCUT2D eigenvalue weighted by Gasteiger charge is -2.10. The van der Waals surface area contributed by atoms with Crippen molar-refractivity contribution in [1.29, 1.82) is 0 Å². The van der Waals surface area contributed by atoms with E-state index in [2.05, 4.69) is 6.58 Å². The van der Waals surface area contributed by atoms with Gasteiger partial charge in [-0.3, -0.25) is 0 Å². The van der Waals surface area contributed by atoms with Gasteiger partial charge in [0.15, 0.2) is 0 Å². The van der Waals surface area contributed by atoms with E-state index in [0.717, 1.165) is 17.7 Å². The molecule has 1 rings (SSSR count). The van der Waals surface area contributed by atoms with E-state index in [1.165, 1.54) is 0 Å². The molecule has 0 atom stereocenters. The summed E-state index contributed by atoms with van der Waals surface area (Å²) in [5.74, 6) is 1.39. The number of aliphatic hydroxyl groups excluding tert-OH is 1. The van der Waals surface area contributed by atoms with E-state index in [9.17, 15) is 0 Å². The van der Waals surface area contributed by atoms with Gasteiger partial charge in [0.05, 0.1) is 20.3 Å². The quantitative estimate of drug-likeness (QED) is 0.575. The van der Waals surface area contributed by atoms with Gasteiger partial charge in [0.1, 0.15) is 11.5 Å². The molecule has 0 saturated heterocycles. The smallest absolute Gasteiger partial charge is 0.128 e. The summed E-state index contributed by atoms with van der Waals surface area (Å²) in [6.07, 6.45) is 2.57. The van der Waals surface area contributed by atoms with E-state index in [4.69, 9.17) is 14.6 Å². The number of hydrogen-bond donors (Lipinski definition) is 1. The van der Waals surface area contributed by atoms with E-state index in [0.29, 0.717) is 12.4 Å². The van der Waals surface area contributed by atoms with Crippen molar-refractivity contribution in [3.05, 3.63) is 36.4 Å². The highest BCUT2D eigenvalue weighted by atomic mass is 16.5. The number of rotatable bonds is 6. The zero-order valence-electron chi connectivity index (χ0n) is 8.90. The largest absolute Gasteiger partial charge is 0.497 e. The molecule has 0 aliphatic heterocycles. The van der Waals surface area contributed by atoms with Gasteiger partial charge in [0, 0.05) is 11.6 Å². The number of benzene rings is 1. The summed E-state index contributed by atoms with van der Waals surface area (Å²) in [7, 11) is 1.60. The minimum Gasteiger partial charge on any atom is -0.497 e. The third-order valence-corrected chi connectivity index (χ3v) is 2.02. The fraction of sp³-hybridized carbons (Fsp3) is 0.333. The van der Waals surface area contributed by atoms with E-state index in [1.807, 2.05) is 0 Å². The summed E-state index contributed by atoms with van der Waals surface area (Å²) in [5.41, 5.74) is 0.764. The minimum atomic E-state index is -0.0343. The molecule has 0 heterocycles. The van der Waals surface area contributed by atoms with Crippen molar-refractivity contribution in [3.63, 3.8) is 0 Å². The lowest BCUT2D eigenvalue weighted by molar-refractivity contribution is 0.263. The number of ether oxygens (including phenoxy) is 2. The van der Waals surface area contributed by atoms with Crippen LogP contribution >= 0.6 is 0 Å². The first-order valence-electron chi connectivity index (χ1n) is 4.83. The predicted octanol–water partition coefficient (Wildman–Crippen LogP) is 2.14. The van der Waals surface area contributed by atoms with E-state index < -0.39 is 0 Å². The highest BCUT2D eigenvalue weighted by Crippen LogP contribution is 2.24. The summed E-state index contributed by atoms with van der Waals surface area (Å²) in [6, 6.07) is 5.36. The van der Waals surface area contributed by atoms with Gasteiger partial charge in [-0.25, -0.2) is 0 Å². The van der Waals surface area contributed by atoms with Gasteiger partial charge < -0.3 is 14.6 Å². The molecule has 82 valence electrons. The van der Waals surface area contributed by atoms with E-state index in [-0.39, 0.29) is 6.61 Å². The van der Waals surface area contributed by atoms with Gasteiger partial charge in [-0.1, -0.05) is 6.08 Å². The van der Waals surface area contributed by atoms with Crippen molar-refractivity contribution in [1.82, 2.24) is 0 Å². The summed E-state index contributed by atoms with van der Waals surface area (Å²) in [6.45, 7) is 4.14. The molecule has 3 heteroatoms. The lowest BCUT2D eigenvalue weighted by atomic mass is 10.2. The Balaban J connectivity index is 2.76. The molecular weight excluding hydrogens is 192 g/mol. The Morgan fingerprint density at radius 1 is 1.47 bits per heavy atom. The second kappa shape index (κ2) is 6.09. The summed E-state index contributed by atoms with van der Waals surface area (Å²) in [4.78, 5) is 0. The zero-order valence-corrected chi connectivity index (χ0v) is 8.90. The van der Waals surface area contributed by atoms with Gasteiger partial charge in [-0.15, -0.1) is 6.58 Å². The van der Waals surface area contributed by atoms with Gasteiger partial charge in [-0.2, -0.15) is 0 Å². The Bertz CT molecular complexity index is 321. The second-order valence-electron chi connectivity index (χ2n) is 3.06. The molecule has 0 radical (unpaired) electrons. The Labute approximate surface area is 90.0 Å². The van der Waals surface area contributed by atoms with Crippen LogP contribution in [-0.4, -0.2) is 18.8 Å². The van der Waals surface area contributed by atoms with Crippen molar-refractivity contribution in [2.24, 2.45) is 0 Å². The summed E-state index contributed by atoms with van der Waals surface area (Å²) in [5, 5.41) is 9.10. The van der Waals surface area contributed by atoms with Crippen LogP contribution in [0.5, 0.6) is 11.5 Å². The molecular formula is C12H16O3. The Morgan fingerprint density at radius 2 is 2.27 bits per heavy atom. The maximum absolute atomic E-state index is 9.10. The first-order valence-corrected chi connectivity index (χ1v) is 4.83. The first kappa shape index (κ1) is 11.6. The minimum absolute atomic E-state index is 0.0343. The van der Waals surface area contributed by atoms with Crippen LogP contribution in [0.4, 0.5) is 0 Å². The molecule has 0 saturated carbocycles. The lowest BCUT2D eigenvalue weighted by Crippen LogP contribution is -1.99. The van der Waals surface area contributed by atoms with E-state index in [1.54, 1.807) is 31.4 Å². The SMILES string of the molecule is C=CCCOc1cc(OC)ccc1CO. The molecule has 3 nitrogen and oxygen atoms in total. The molecule has 0 unspecified atom stereocenters. The van der Waals surface area contributed by atoms with Crippen molar-refractivity contribution < 1.29 is 14.6 Å². The van der Waals surface area contributed by atoms with Crippen LogP contribution < -0.4 is 9.47 Å². The molecule has 0 aliphatic rings. The van der Waals surface area contributed by atoms with Gasteiger partial charge in [0.25, 0.3) is 0 Å². The van der Waals surface area contributed by atoms with Gasteiger partial charge >= 0.3 is 0 Å². The van der Waals surface area contributed by atoms with Crippen LogP contribution in [0, 0.1) is 0 Å². The highest BCUT2D eigenvalue weighted by molar-refractivity contribution is 5.40. The first-order chi connectivity index (χ1) is 7.31. The van der Waals surface area contributed by atoms with Gasteiger partial charge in [-0.05, 0) is 18.6 Å². The molecule has 1 aromatic carbocycles. The molecule has 0 fully saturated rings. The summed E-state index contributed by atoms with van der Waals surface area (Å²) < 4.78 is 10.6. The second-order valence-corrected chi connectivity index (χ2v) is 3.06. The summed E-state index contributed by atoms with van der Waals surface area (Å²) >= 11 is 0. The van der Waals surface area contributed by atoms with Gasteiger partial charge in [0.2, 0.25) is 0 Å². The number of methoxy groups -OCH3 is 1. The maximum atomic E-state index is 9.10. The standard InChI is InChI=1S/C12H16O3/c1-3-4-7-15-12-8-11(14-2)6-5-10(12)9-13/h3,5-6,8,13H,1,4,7,9H2,2H3. The predicted molar refractivity (Wildman–Crippen MR) is 59.2 cm³/mol. The molecule has 15 heavy (non-hydrogen) atoms. The van der Waals surface area contributed by atoms with Crippen molar-refractivity contribution >= 4 is 0 Å². The topological polar surface area (TPSA) is 38.7 Å². The molecule has 1 N–H and O–H groups in total. The van der Waals surface area contributed by atoms with Crippen LogP contribution in [0.1, 0.15) is 12.0 Å². The molecule has 0 aliphatic carbocycles. The third kappa shape index (κ3) is 3.29. The normalized spacial score (nSPS) is 9.73. The molecule has 0 aromatic heterocycles.